The molecule has 0 saturated heterocycles. The highest BCUT2D eigenvalue weighted by Gasteiger charge is 2.26. The molecule has 0 aliphatic heterocycles. The first kappa shape index (κ1) is 13.6. The Balaban J connectivity index is 1.66. The van der Waals surface area contributed by atoms with Crippen molar-refractivity contribution in [3.8, 4) is 0 Å². The number of benzene rings is 1. The zero-order valence-electron chi connectivity index (χ0n) is 12.5. The van der Waals surface area contributed by atoms with Gasteiger partial charge in [-0.2, -0.15) is 0 Å². The van der Waals surface area contributed by atoms with Crippen molar-refractivity contribution in [3.05, 3.63) is 42.1 Å². The fourth-order valence-corrected chi connectivity index (χ4v) is 3.17. The molecular weight excluding hydrogens is 244 g/mol. The summed E-state index contributed by atoms with van der Waals surface area (Å²) in [4.78, 5) is 4.53. The zero-order valence-corrected chi connectivity index (χ0v) is 12.5. The van der Waals surface area contributed by atoms with Crippen LogP contribution in [0.4, 0.5) is 0 Å². The van der Waals surface area contributed by atoms with Crippen molar-refractivity contribution < 1.29 is 0 Å². The first-order valence-corrected chi connectivity index (χ1v) is 7.70. The number of nitrogens with zero attached hydrogens (tertiary/aromatic N) is 1. The van der Waals surface area contributed by atoms with Crippen LogP contribution in [-0.4, -0.2) is 11.0 Å². The van der Waals surface area contributed by atoms with Gasteiger partial charge in [0, 0.05) is 24.2 Å². The predicted molar refractivity (Wildman–Crippen MR) is 84.6 cm³/mol. The lowest BCUT2D eigenvalue weighted by molar-refractivity contribution is 0.206. The summed E-state index contributed by atoms with van der Waals surface area (Å²) in [7, 11) is 0. The monoisotopic (exact) mass is 268 g/mol. The first-order chi connectivity index (χ1) is 9.64. The SMILES string of the molecule is CC1(C)CCC(NCc2cccc3cccnc23)CC1. The lowest BCUT2D eigenvalue weighted by atomic mass is 9.75. The van der Waals surface area contributed by atoms with E-state index in [1.807, 2.05) is 12.3 Å². The predicted octanol–water partition coefficient (Wildman–Crippen LogP) is 4.29. The maximum absolute atomic E-state index is 4.53. The molecule has 1 aromatic heterocycles. The fourth-order valence-electron chi connectivity index (χ4n) is 3.17. The van der Waals surface area contributed by atoms with Gasteiger partial charge in [0.15, 0.2) is 0 Å². The van der Waals surface area contributed by atoms with Gasteiger partial charge in [0.25, 0.3) is 0 Å². The van der Waals surface area contributed by atoms with Crippen molar-refractivity contribution in [2.24, 2.45) is 5.41 Å². The molecule has 3 rings (SSSR count). The molecule has 106 valence electrons. The van der Waals surface area contributed by atoms with E-state index in [9.17, 15) is 0 Å². The van der Waals surface area contributed by atoms with E-state index in [0.717, 1.165) is 12.1 Å². The minimum Gasteiger partial charge on any atom is -0.310 e. The highest BCUT2D eigenvalue weighted by Crippen LogP contribution is 2.35. The second-order valence-corrected chi connectivity index (χ2v) is 6.81. The van der Waals surface area contributed by atoms with Crippen molar-refractivity contribution in [1.29, 1.82) is 0 Å². The van der Waals surface area contributed by atoms with Gasteiger partial charge in [-0.1, -0.05) is 38.1 Å². The smallest absolute Gasteiger partial charge is 0.0746 e. The van der Waals surface area contributed by atoms with E-state index < -0.39 is 0 Å². The molecule has 1 fully saturated rings. The fraction of sp³-hybridized carbons (Fsp3) is 0.500. The Morgan fingerprint density at radius 3 is 2.70 bits per heavy atom. The van der Waals surface area contributed by atoms with Crippen LogP contribution in [0, 0.1) is 5.41 Å². The number of hydrogen-bond donors (Lipinski definition) is 1. The number of fused-ring (bicyclic) bond motifs is 1. The van der Waals surface area contributed by atoms with Gasteiger partial charge in [0.1, 0.15) is 0 Å². The Morgan fingerprint density at radius 2 is 1.90 bits per heavy atom. The Labute approximate surface area is 121 Å². The van der Waals surface area contributed by atoms with Crippen LogP contribution in [0.15, 0.2) is 36.5 Å². The summed E-state index contributed by atoms with van der Waals surface area (Å²) in [6.45, 7) is 5.70. The molecule has 0 spiro atoms. The van der Waals surface area contributed by atoms with Crippen molar-refractivity contribution in [3.63, 3.8) is 0 Å². The quantitative estimate of drug-likeness (QED) is 0.898. The van der Waals surface area contributed by atoms with E-state index in [1.54, 1.807) is 0 Å². The zero-order chi connectivity index (χ0) is 14.0. The lowest BCUT2D eigenvalue weighted by Gasteiger charge is -2.34. The number of aromatic nitrogens is 1. The molecular formula is C18H24N2. The van der Waals surface area contributed by atoms with Crippen LogP contribution in [0.5, 0.6) is 0 Å². The molecule has 0 bridgehead atoms. The molecule has 2 nitrogen and oxygen atoms in total. The average molecular weight is 268 g/mol. The summed E-state index contributed by atoms with van der Waals surface area (Å²) >= 11 is 0. The van der Waals surface area contributed by atoms with Gasteiger partial charge in [-0.25, -0.2) is 0 Å². The van der Waals surface area contributed by atoms with Crippen molar-refractivity contribution in [2.45, 2.75) is 52.1 Å². The largest absolute Gasteiger partial charge is 0.310 e. The van der Waals surface area contributed by atoms with E-state index in [2.05, 4.69) is 48.4 Å². The molecule has 2 aromatic rings. The summed E-state index contributed by atoms with van der Waals surface area (Å²) in [5.41, 5.74) is 2.99. The minimum atomic E-state index is 0.541. The molecule has 1 saturated carbocycles. The normalized spacial score (nSPS) is 19.3. The summed E-state index contributed by atoms with van der Waals surface area (Å²) in [6.07, 6.45) is 7.14. The minimum absolute atomic E-state index is 0.541. The Kier molecular flexibility index (Phi) is 3.75. The van der Waals surface area contributed by atoms with Crippen LogP contribution >= 0.6 is 0 Å². The summed E-state index contributed by atoms with van der Waals surface area (Å²) < 4.78 is 0. The van der Waals surface area contributed by atoms with E-state index in [4.69, 9.17) is 0 Å². The third-order valence-electron chi connectivity index (χ3n) is 4.64. The Morgan fingerprint density at radius 1 is 1.15 bits per heavy atom. The number of pyridine rings is 1. The van der Waals surface area contributed by atoms with Gasteiger partial charge in [0.2, 0.25) is 0 Å². The van der Waals surface area contributed by atoms with Crippen molar-refractivity contribution in [1.82, 2.24) is 10.3 Å². The molecule has 1 N–H and O–H groups in total. The first-order valence-electron chi connectivity index (χ1n) is 7.70. The van der Waals surface area contributed by atoms with Crippen molar-refractivity contribution in [2.75, 3.05) is 0 Å². The van der Waals surface area contributed by atoms with E-state index in [1.165, 1.54) is 36.6 Å². The van der Waals surface area contributed by atoms with Gasteiger partial charge in [-0.15, -0.1) is 0 Å². The van der Waals surface area contributed by atoms with Gasteiger partial charge in [-0.05, 0) is 42.7 Å². The molecule has 1 aliphatic rings. The maximum atomic E-state index is 4.53. The molecule has 0 unspecified atom stereocenters. The van der Waals surface area contributed by atoms with E-state index in [-0.39, 0.29) is 0 Å². The molecule has 2 heteroatoms. The number of hydrogen-bond acceptors (Lipinski definition) is 2. The maximum Gasteiger partial charge on any atom is 0.0746 e. The van der Waals surface area contributed by atoms with Crippen LogP contribution in [0.1, 0.15) is 45.1 Å². The van der Waals surface area contributed by atoms with Crippen LogP contribution in [0.3, 0.4) is 0 Å². The van der Waals surface area contributed by atoms with E-state index in [0.29, 0.717) is 11.5 Å². The van der Waals surface area contributed by atoms with Crippen LogP contribution in [-0.2, 0) is 6.54 Å². The lowest BCUT2D eigenvalue weighted by Crippen LogP contribution is -2.35. The van der Waals surface area contributed by atoms with E-state index >= 15 is 0 Å². The molecule has 0 amide bonds. The number of rotatable bonds is 3. The standard InChI is InChI=1S/C18H24N2/c1-18(2)10-8-16(9-11-18)20-13-15-6-3-5-14-7-4-12-19-17(14)15/h3-7,12,16,20H,8-11,13H2,1-2H3. The van der Waals surface area contributed by atoms with Gasteiger partial charge >= 0.3 is 0 Å². The van der Waals surface area contributed by atoms with Crippen LogP contribution in [0.2, 0.25) is 0 Å². The highest BCUT2D eigenvalue weighted by molar-refractivity contribution is 5.81. The topological polar surface area (TPSA) is 24.9 Å². The molecule has 0 atom stereocenters. The van der Waals surface area contributed by atoms with Crippen LogP contribution in [0.25, 0.3) is 10.9 Å². The Bertz CT molecular complexity index is 573. The molecule has 0 radical (unpaired) electrons. The number of nitrogens with one attached hydrogen (secondary N) is 1. The molecule has 1 heterocycles. The van der Waals surface area contributed by atoms with Crippen LogP contribution < -0.4 is 5.32 Å². The third kappa shape index (κ3) is 3.01. The number of para-hydroxylation sites is 1. The second-order valence-electron chi connectivity index (χ2n) is 6.81. The summed E-state index contributed by atoms with van der Waals surface area (Å²) in [5.74, 6) is 0. The Hall–Kier alpha value is -1.41. The molecule has 1 aliphatic carbocycles. The molecule has 20 heavy (non-hydrogen) atoms. The summed E-state index contributed by atoms with van der Waals surface area (Å²) in [5, 5.41) is 4.96. The van der Waals surface area contributed by atoms with Crippen molar-refractivity contribution >= 4 is 10.9 Å². The highest BCUT2D eigenvalue weighted by atomic mass is 14.9. The summed E-state index contributed by atoms with van der Waals surface area (Å²) in [6, 6.07) is 11.3. The second kappa shape index (κ2) is 5.53. The van der Waals surface area contributed by atoms with Gasteiger partial charge in [-0.3, -0.25) is 4.98 Å². The van der Waals surface area contributed by atoms with Gasteiger partial charge < -0.3 is 5.32 Å². The van der Waals surface area contributed by atoms with Gasteiger partial charge in [0.05, 0.1) is 5.52 Å². The molecule has 1 aromatic carbocycles. The average Bonchev–Trinajstić information content (AvgIpc) is 2.46. The third-order valence-corrected chi connectivity index (χ3v) is 4.64.